The minimum absolute atomic E-state index is 0.229. The second-order valence-electron chi connectivity index (χ2n) is 8.97. The number of pyridine rings is 1. The third-order valence-corrected chi connectivity index (χ3v) is 6.42. The summed E-state index contributed by atoms with van der Waals surface area (Å²) >= 11 is 0. The van der Waals surface area contributed by atoms with Gasteiger partial charge in [-0.05, 0) is 54.4 Å². The monoisotopic (exact) mass is 518 g/mol. The zero-order valence-electron chi connectivity index (χ0n) is 21.5. The number of rotatable bonds is 8. The van der Waals surface area contributed by atoms with Gasteiger partial charge in [-0.1, -0.05) is 37.3 Å². The SMILES string of the molecule is CCCOc1ccccc1-c1cccc(-n2c(=O)c3c[nH]nc3c3cnc(Nc4ccc(OC)cc4)nc32)c1. The molecule has 6 aromatic rings. The molecule has 0 saturated carbocycles. The number of H-pyrrole nitrogens is 1. The fourth-order valence-corrected chi connectivity index (χ4v) is 4.54. The maximum atomic E-state index is 13.8. The first kappa shape index (κ1) is 24.2. The lowest BCUT2D eigenvalue weighted by Crippen LogP contribution is -2.20. The summed E-state index contributed by atoms with van der Waals surface area (Å²) in [6.07, 6.45) is 4.20. The molecule has 0 fully saturated rings. The Kier molecular flexibility index (Phi) is 6.38. The summed E-state index contributed by atoms with van der Waals surface area (Å²) in [5.41, 5.74) is 4.08. The van der Waals surface area contributed by atoms with Crippen LogP contribution in [0.25, 0.3) is 38.8 Å². The van der Waals surface area contributed by atoms with Gasteiger partial charge in [0.25, 0.3) is 5.56 Å². The Morgan fingerprint density at radius 3 is 2.67 bits per heavy atom. The first-order valence-electron chi connectivity index (χ1n) is 12.6. The van der Waals surface area contributed by atoms with Gasteiger partial charge in [0, 0.05) is 23.6 Å². The summed E-state index contributed by atoms with van der Waals surface area (Å²) in [6.45, 7) is 2.70. The van der Waals surface area contributed by atoms with Crippen LogP contribution in [0.1, 0.15) is 13.3 Å². The van der Waals surface area contributed by atoms with Crippen molar-refractivity contribution in [3.05, 3.63) is 95.5 Å². The standard InChI is InChI=1S/C30H26N6O3/c1-3-15-39-26-10-5-4-9-23(26)19-7-6-8-21(16-19)36-28-24(27-25(29(36)37)18-32-35-27)17-31-30(34-28)33-20-11-13-22(38-2)14-12-20/h4-14,16-18H,3,15H2,1-2H3,(H,32,35)(H,31,33,34). The molecule has 0 saturated heterocycles. The summed E-state index contributed by atoms with van der Waals surface area (Å²) in [5.74, 6) is 1.90. The summed E-state index contributed by atoms with van der Waals surface area (Å²) in [4.78, 5) is 23.1. The topological polar surface area (TPSA) is 107 Å². The van der Waals surface area contributed by atoms with E-state index >= 15 is 0 Å². The smallest absolute Gasteiger partial charge is 0.267 e. The van der Waals surface area contributed by atoms with E-state index in [9.17, 15) is 4.79 Å². The molecule has 194 valence electrons. The number of nitrogens with zero attached hydrogens (tertiary/aromatic N) is 4. The molecule has 3 aromatic heterocycles. The van der Waals surface area contributed by atoms with Crippen molar-refractivity contribution < 1.29 is 9.47 Å². The highest BCUT2D eigenvalue weighted by Crippen LogP contribution is 2.32. The summed E-state index contributed by atoms with van der Waals surface area (Å²) < 4.78 is 12.8. The van der Waals surface area contributed by atoms with E-state index in [2.05, 4.69) is 27.4 Å². The van der Waals surface area contributed by atoms with Gasteiger partial charge in [-0.25, -0.2) is 4.98 Å². The number of hydrogen-bond donors (Lipinski definition) is 2. The molecule has 3 aromatic carbocycles. The number of fused-ring (bicyclic) bond motifs is 3. The molecule has 2 N–H and O–H groups in total. The van der Waals surface area contributed by atoms with Crippen LogP contribution in [0, 0.1) is 0 Å². The first-order chi connectivity index (χ1) is 19.2. The minimum Gasteiger partial charge on any atom is -0.497 e. The van der Waals surface area contributed by atoms with E-state index < -0.39 is 0 Å². The molecule has 3 heterocycles. The van der Waals surface area contributed by atoms with Gasteiger partial charge in [-0.3, -0.25) is 14.5 Å². The van der Waals surface area contributed by atoms with Crippen LogP contribution in [0.4, 0.5) is 11.6 Å². The molecule has 39 heavy (non-hydrogen) atoms. The van der Waals surface area contributed by atoms with Crippen molar-refractivity contribution in [3.63, 3.8) is 0 Å². The van der Waals surface area contributed by atoms with Crippen molar-refractivity contribution in [1.82, 2.24) is 24.7 Å². The number of hydrogen-bond acceptors (Lipinski definition) is 7. The van der Waals surface area contributed by atoms with Gasteiger partial charge in [0.2, 0.25) is 5.95 Å². The van der Waals surface area contributed by atoms with Crippen molar-refractivity contribution in [3.8, 4) is 28.3 Å². The zero-order valence-corrected chi connectivity index (χ0v) is 21.5. The number of aromatic amines is 1. The minimum atomic E-state index is -0.229. The summed E-state index contributed by atoms with van der Waals surface area (Å²) in [5, 5.41) is 11.5. The van der Waals surface area contributed by atoms with E-state index in [4.69, 9.17) is 14.5 Å². The van der Waals surface area contributed by atoms with E-state index in [1.54, 1.807) is 24.1 Å². The van der Waals surface area contributed by atoms with Crippen molar-refractivity contribution in [2.75, 3.05) is 19.0 Å². The number of para-hydroxylation sites is 1. The highest BCUT2D eigenvalue weighted by molar-refractivity contribution is 6.02. The van der Waals surface area contributed by atoms with E-state index in [-0.39, 0.29) is 5.56 Å². The van der Waals surface area contributed by atoms with E-state index in [1.807, 2.05) is 72.8 Å². The first-order valence-corrected chi connectivity index (χ1v) is 12.6. The van der Waals surface area contributed by atoms with Crippen molar-refractivity contribution in [2.24, 2.45) is 0 Å². The van der Waals surface area contributed by atoms with Crippen molar-refractivity contribution >= 4 is 33.6 Å². The molecule has 0 radical (unpaired) electrons. The molecule has 0 bridgehead atoms. The van der Waals surface area contributed by atoms with Gasteiger partial charge in [0.05, 0.1) is 30.2 Å². The number of methoxy groups -OCH3 is 1. The van der Waals surface area contributed by atoms with Crippen LogP contribution >= 0.6 is 0 Å². The van der Waals surface area contributed by atoms with Crippen molar-refractivity contribution in [1.29, 1.82) is 0 Å². The Hall–Kier alpha value is -5.18. The molecule has 0 atom stereocenters. The lowest BCUT2D eigenvalue weighted by molar-refractivity contribution is 0.318. The molecule has 0 aliphatic rings. The van der Waals surface area contributed by atoms with Crippen LogP contribution in [0.15, 0.2) is 90.0 Å². The largest absolute Gasteiger partial charge is 0.497 e. The van der Waals surface area contributed by atoms with Gasteiger partial charge >= 0.3 is 0 Å². The lowest BCUT2D eigenvalue weighted by atomic mass is 10.0. The lowest BCUT2D eigenvalue weighted by Gasteiger charge is -2.14. The van der Waals surface area contributed by atoms with Crippen LogP contribution in [-0.4, -0.2) is 38.4 Å². The molecule has 0 spiro atoms. The molecule has 0 amide bonds. The molecule has 0 aliphatic heterocycles. The number of ether oxygens (including phenoxy) is 2. The fourth-order valence-electron chi connectivity index (χ4n) is 4.54. The van der Waals surface area contributed by atoms with Gasteiger partial charge < -0.3 is 14.8 Å². The molecule has 9 heteroatoms. The van der Waals surface area contributed by atoms with Crippen molar-refractivity contribution in [2.45, 2.75) is 13.3 Å². The Morgan fingerprint density at radius 1 is 1.00 bits per heavy atom. The maximum absolute atomic E-state index is 13.8. The number of benzene rings is 3. The second kappa shape index (κ2) is 10.3. The van der Waals surface area contributed by atoms with E-state index in [1.165, 1.54) is 0 Å². The Bertz CT molecular complexity index is 1840. The predicted molar refractivity (Wildman–Crippen MR) is 152 cm³/mol. The predicted octanol–water partition coefficient (Wildman–Crippen LogP) is 5.87. The molecule has 0 aliphatic carbocycles. The van der Waals surface area contributed by atoms with E-state index in [0.29, 0.717) is 40.2 Å². The van der Waals surface area contributed by atoms with Crippen LogP contribution in [-0.2, 0) is 0 Å². The van der Waals surface area contributed by atoms with Crippen LogP contribution < -0.4 is 20.3 Å². The summed E-state index contributed by atoms with van der Waals surface area (Å²) in [6, 6.07) is 23.1. The normalized spacial score (nSPS) is 11.1. The number of anilines is 2. The van der Waals surface area contributed by atoms with Crippen LogP contribution in [0.5, 0.6) is 11.5 Å². The second-order valence-corrected chi connectivity index (χ2v) is 8.97. The maximum Gasteiger partial charge on any atom is 0.267 e. The number of aromatic nitrogens is 5. The average molecular weight is 519 g/mol. The molecule has 9 nitrogen and oxygen atoms in total. The molecular weight excluding hydrogens is 492 g/mol. The van der Waals surface area contributed by atoms with Crippen LogP contribution in [0.3, 0.4) is 0 Å². The van der Waals surface area contributed by atoms with Gasteiger partial charge in [-0.15, -0.1) is 0 Å². The quantitative estimate of drug-likeness (QED) is 0.260. The Morgan fingerprint density at radius 2 is 1.85 bits per heavy atom. The Balaban J connectivity index is 1.50. The third kappa shape index (κ3) is 4.54. The Labute approximate surface area is 224 Å². The van der Waals surface area contributed by atoms with Gasteiger partial charge in [0.1, 0.15) is 17.0 Å². The van der Waals surface area contributed by atoms with Crippen LogP contribution in [0.2, 0.25) is 0 Å². The van der Waals surface area contributed by atoms with Gasteiger partial charge in [0.15, 0.2) is 5.65 Å². The fraction of sp³-hybridized carbons (Fsp3) is 0.133. The average Bonchev–Trinajstić information content (AvgIpc) is 3.48. The number of nitrogens with one attached hydrogen (secondary N) is 2. The zero-order chi connectivity index (χ0) is 26.8. The molecule has 0 unspecified atom stereocenters. The molecular formula is C30H26N6O3. The highest BCUT2D eigenvalue weighted by Gasteiger charge is 2.17. The highest BCUT2D eigenvalue weighted by atomic mass is 16.5. The summed E-state index contributed by atoms with van der Waals surface area (Å²) in [7, 11) is 1.62. The van der Waals surface area contributed by atoms with Gasteiger partial charge in [-0.2, -0.15) is 10.1 Å². The molecule has 6 rings (SSSR count). The third-order valence-electron chi connectivity index (χ3n) is 6.42. The van der Waals surface area contributed by atoms with E-state index in [0.717, 1.165) is 34.7 Å².